The Morgan fingerprint density at radius 1 is 1.17 bits per heavy atom. The SMILES string of the molecule is O=C(Nc1nc2ccccc2s1)C1CCCN1C(=O)C1(C2CCCC2)CCNC1=O. The fraction of sp³-hybridized carbons (Fsp3) is 0.545. The van der Waals surface area contributed by atoms with E-state index in [0.29, 0.717) is 31.1 Å². The lowest BCUT2D eigenvalue weighted by Gasteiger charge is -2.36. The maximum absolute atomic E-state index is 13.7. The van der Waals surface area contributed by atoms with Crippen molar-refractivity contribution in [3.05, 3.63) is 24.3 Å². The van der Waals surface area contributed by atoms with Crippen molar-refractivity contribution < 1.29 is 14.4 Å². The van der Waals surface area contributed by atoms with Gasteiger partial charge in [0.25, 0.3) is 0 Å². The number of hydrogen-bond acceptors (Lipinski definition) is 5. The van der Waals surface area contributed by atoms with E-state index in [2.05, 4.69) is 15.6 Å². The van der Waals surface area contributed by atoms with Crippen molar-refractivity contribution in [1.29, 1.82) is 0 Å². The van der Waals surface area contributed by atoms with E-state index in [4.69, 9.17) is 0 Å². The molecule has 8 heteroatoms. The number of hydrogen-bond donors (Lipinski definition) is 2. The molecule has 0 bridgehead atoms. The molecule has 3 heterocycles. The molecule has 3 fully saturated rings. The highest BCUT2D eigenvalue weighted by Crippen LogP contribution is 2.47. The molecule has 1 aromatic heterocycles. The maximum atomic E-state index is 13.7. The average molecular weight is 427 g/mol. The lowest BCUT2D eigenvalue weighted by atomic mass is 9.71. The van der Waals surface area contributed by atoms with Gasteiger partial charge in [-0.1, -0.05) is 36.3 Å². The summed E-state index contributed by atoms with van der Waals surface area (Å²) in [6, 6.07) is 7.20. The largest absolute Gasteiger partial charge is 0.355 e. The van der Waals surface area contributed by atoms with E-state index in [1.165, 1.54) is 11.3 Å². The zero-order valence-corrected chi connectivity index (χ0v) is 17.7. The minimum atomic E-state index is -0.991. The molecule has 1 saturated carbocycles. The second kappa shape index (κ2) is 7.65. The van der Waals surface area contributed by atoms with Gasteiger partial charge in [0.05, 0.1) is 10.2 Å². The summed E-state index contributed by atoms with van der Waals surface area (Å²) in [5.41, 5.74) is -0.144. The predicted octanol–water partition coefficient (Wildman–Crippen LogP) is 2.92. The first-order valence-electron chi connectivity index (χ1n) is 10.9. The highest BCUT2D eigenvalue weighted by atomic mass is 32.1. The van der Waals surface area contributed by atoms with Gasteiger partial charge in [0.1, 0.15) is 11.5 Å². The van der Waals surface area contributed by atoms with Crippen molar-refractivity contribution in [2.75, 3.05) is 18.4 Å². The Labute approximate surface area is 179 Å². The Hall–Kier alpha value is -2.48. The first-order chi connectivity index (χ1) is 14.6. The number of nitrogens with one attached hydrogen (secondary N) is 2. The fourth-order valence-electron chi connectivity index (χ4n) is 5.48. The topological polar surface area (TPSA) is 91.4 Å². The molecule has 2 N–H and O–H groups in total. The van der Waals surface area contributed by atoms with Crippen molar-refractivity contribution in [3.63, 3.8) is 0 Å². The number of benzene rings is 1. The van der Waals surface area contributed by atoms with E-state index in [1.807, 2.05) is 24.3 Å². The van der Waals surface area contributed by atoms with Gasteiger partial charge in [0.15, 0.2) is 5.13 Å². The standard InChI is InChI=1S/C22H26N4O3S/c27-18(25-21-24-15-8-3-4-10-17(15)30-21)16-9-5-13-26(16)20(29)22(11-12-23-19(22)28)14-6-1-2-7-14/h3-4,8,10,14,16H,1-2,5-7,9,11-13H2,(H,23,28)(H,24,25,27). The molecule has 2 unspecified atom stereocenters. The normalized spacial score (nSPS) is 27.0. The number of thiazole rings is 1. The molecule has 7 nitrogen and oxygen atoms in total. The Kier molecular flexibility index (Phi) is 4.97. The van der Waals surface area contributed by atoms with Gasteiger partial charge in [-0.2, -0.15) is 0 Å². The molecule has 2 aliphatic heterocycles. The van der Waals surface area contributed by atoms with Crippen molar-refractivity contribution in [1.82, 2.24) is 15.2 Å². The number of carbonyl (C=O) groups excluding carboxylic acids is 3. The maximum Gasteiger partial charge on any atom is 0.248 e. The molecule has 158 valence electrons. The molecule has 5 rings (SSSR count). The van der Waals surface area contributed by atoms with Gasteiger partial charge < -0.3 is 15.5 Å². The highest BCUT2D eigenvalue weighted by molar-refractivity contribution is 7.22. The van der Waals surface area contributed by atoms with Crippen LogP contribution in [0.4, 0.5) is 5.13 Å². The molecule has 3 amide bonds. The third kappa shape index (κ3) is 3.09. The average Bonchev–Trinajstić information content (AvgIpc) is 3.52. The lowest BCUT2D eigenvalue weighted by Crippen LogP contribution is -2.55. The number of para-hydroxylation sites is 1. The monoisotopic (exact) mass is 426 g/mol. The van der Waals surface area contributed by atoms with Crippen molar-refractivity contribution in [2.45, 2.75) is 51.0 Å². The molecule has 0 radical (unpaired) electrons. The van der Waals surface area contributed by atoms with Gasteiger partial charge >= 0.3 is 0 Å². The lowest BCUT2D eigenvalue weighted by molar-refractivity contribution is -0.154. The van der Waals surface area contributed by atoms with Crippen molar-refractivity contribution >= 4 is 44.4 Å². The van der Waals surface area contributed by atoms with Gasteiger partial charge in [-0.3, -0.25) is 14.4 Å². The summed E-state index contributed by atoms with van der Waals surface area (Å²) in [4.78, 5) is 45.9. The zero-order valence-electron chi connectivity index (χ0n) is 16.9. The summed E-state index contributed by atoms with van der Waals surface area (Å²) >= 11 is 1.43. The summed E-state index contributed by atoms with van der Waals surface area (Å²) < 4.78 is 1.01. The Balaban J connectivity index is 1.37. The molecule has 3 aliphatic rings. The molecule has 0 spiro atoms. The molecule has 2 saturated heterocycles. The smallest absolute Gasteiger partial charge is 0.248 e. The van der Waals surface area contributed by atoms with Crippen LogP contribution in [-0.4, -0.2) is 46.7 Å². The van der Waals surface area contributed by atoms with Crippen LogP contribution in [0.25, 0.3) is 10.2 Å². The van der Waals surface area contributed by atoms with Crippen LogP contribution < -0.4 is 10.6 Å². The molecule has 1 aliphatic carbocycles. The van der Waals surface area contributed by atoms with Gasteiger partial charge in [0.2, 0.25) is 17.7 Å². The molecule has 2 atom stereocenters. The number of fused-ring (bicyclic) bond motifs is 1. The van der Waals surface area contributed by atoms with Gasteiger partial charge in [0, 0.05) is 13.1 Å². The Morgan fingerprint density at radius 2 is 1.97 bits per heavy atom. The number of carbonyl (C=O) groups is 3. The quantitative estimate of drug-likeness (QED) is 0.736. The summed E-state index contributed by atoms with van der Waals surface area (Å²) in [7, 11) is 0. The van der Waals surface area contributed by atoms with E-state index in [9.17, 15) is 14.4 Å². The molecular formula is C22H26N4O3S. The predicted molar refractivity (Wildman–Crippen MR) is 115 cm³/mol. The minimum Gasteiger partial charge on any atom is -0.355 e. The second-order valence-electron chi connectivity index (χ2n) is 8.59. The van der Waals surface area contributed by atoms with Crippen LogP contribution in [0.5, 0.6) is 0 Å². The number of anilines is 1. The van der Waals surface area contributed by atoms with Crippen molar-refractivity contribution in [3.8, 4) is 0 Å². The molecule has 1 aromatic carbocycles. The third-order valence-electron chi connectivity index (χ3n) is 6.98. The van der Waals surface area contributed by atoms with E-state index in [-0.39, 0.29) is 23.6 Å². The van der Waals surface area contributed by atoms with Crippen molar-refractivity contribution in [2.24, 2.45) is 11.3 Å². The first kappa shape index (κ1) is 19.5. The summed E-state index contributed by atoms with van der Waals surface area (Å²) in [5, 5.41) is 6.36. The van der Waals surface area contributed by atoms with Crippen LogP contribution in [0.3, 0.4) is 0 Å². The van der Waals surface area contributed by atoms with E-state index < -0.39 is 11.5 Å². The summed E-state index contributed by atoms with van der Waals surface area (Å²) in [6.07, 6.45) is 5.88. The minimum absolute atomic E-state index is 0.0843. The molecule has 2 aromatic rings. The number of nitrogens with zero attached hydrogens (tertiary/aromatic N) is 2. The van der Waals surface area contributed by atoms with Gasteiger partial charge in [-0.25, -0.2) is 4.98 Å². The molecular weight excluding hydrogens is 400 g/mol. The van der Waals surface area contributed by atoms with Gasteiger partial charge in [-0.05, 0) is 50.2 Å². The van der Waals surface area contributed by atoms with E-state index >= 15 is 0 Å². The Morgan fingerprint density at radius 3 is 2.70 bits per heavy atom. The number of likely N-dealkylation sites (tertiary alicyclic amines) is 1. The van der Waals surface area contributed by atoms with Gasteiger partial charge in [-0.15, -0.1) is 0 Å². The number of amides is 3. The summed E-state index contributed by atoms with van der Waals surface area (Å²) in [5.74, 6) is -0.413. The first-order valence-corrected chi connectivity index (χ1v) is 11.7. The van der Waals surface area contributed by atoms with Crippen LogP contribution in [0.15, 0.2) is 24.3 Å². The fourth-order valence-corrected chi connectivity index (χ4v) is 6.35. The van der Waals surface area contributed by atoms with Crippen LogP contribution in [0.1, 0.15) is 44.9 Å². The van der Waals surface area contributed by atoms with Crippen LogP contribution in [0, 0.1) is 11.3 Å². The third-order valence-corrected chi connectivity index (χ3v) is 7.94. The van der Waals surface area contributed by atoms with Crippen LogP contribution >= 0.6 is 11.3 Å². The zero-order chi connectivity index (χ0) is 20.7. The number of aromatic nitrogens is 1. The number of rotatable bonds is 4. The highest BCUT2D eigenvalue weighted by Gasteiger charge is 2.57. The molecule has 30 heavy (non-hydrogen) atoms. The summed E-state index contributed by atoms with van der Waals surface area (Å²) in [6.45, 7) is 1.07. The van der Waals surface area contributed by atoms with E-state index in [1.54, 1.807) is 4.90 Å². The second-order valence-corrected chi connectivity index (χ2v) is 9.62. The van der Waals surface area contributed by atoms with Crippen LogP contribution in [0.2, 0.25) is 0 Å². The van der Waals surface area contributed by atoms with Crippen LogP contribution in [-0.2, 0) is 14.4 Å². The van der Waals surface area contributed by atoms with E-state index in [0.717, 1.165) is 42.3 Å². The Bertz CT molecular complexity index is 966.